The topological polar surface area (TPSA) is 66.4 Å². The minimum atomic E-state index is -0.872. The first-order valence-electron chi connectivity index (χ1n) is 6.49. The van der Waals surface area contributed by atoms with Crippen molar-refractivity contribution in [3.05, 3.63) is 0 Å². The van der Waals surface area contributed by atoms with Gasteiger partial charge in [0.05, 0.1) is 0 Å². The van der Waals surface area contributed by atoms with Crippen molar-refractivity contribution in [2.75, 3.05) is 0 Å². The maximum atomic E-state index is 11.6. The largest absolute Gasteiger partial charge is 0.480 e. The zero-order chi connectivity index (χ0) is 12.6. The lowest BCUT2D eigenvalue weighted by Crippen LogP contribution is -2.50. The third-order valence-electron chi connectivity index (χ3n) is 4.57. The number of nitrogens with one attached hydrogen (secondary N) is 1. The zero-order valence-corrected chi connectivity index (χ0v) is 10.5. The third-order valence-corrected chi connectivity index (χ3v) is 4.57. The van der Waals surface area contributed by atoms with Crippen molar-refractivity contribution >= 4 is 11.9 Å². The van der Waals surface area contributed by atoms with E-state index in [0.29, 0.717) is 18.3 Å². The highest BCUT2D eigenvalue weighted by molar-refractivity contribution is 5.89. The maximum Gasteiger partial charge on any atom is 0.326 e. The number of carboxylic acid groups (broad SMARTS) is 1. The Morgan fingerprint density at radius 1 is 1.47 bits per heavy atom. The van der Waals surface area contributed by atoms with E-state index >= 15 is 0 Å². The molecule has 0 bridgehead atoms. The van der Waals surface area contributed by atoms with Gasteiger partial charge in [-0.25, -0.2) is 4.79 Å². The Hall–Kier alpha value is -1.06. The van der Waals surface area contributed by atoms with Crippen LogP contribution in [0.5, 0.6) is 0 Å². The third kappa shape index (κ3) is 1.94. The van der Waals surface area contributed by atoms with Gasteiger partial charge in [-0.15, -0.1) is 0 Å². The fraction of sp³-hybridized carbons (Fsp3) is 0.846. The van der Waals surface area contributed by atoms with Gasteiger partial charge in [0.1, 0.15) is 6.04 Å². The number of hydrogen-bond acceptors (Lipinski definition) is 2. The van der Waals surface area contributed by atoms with Gasteiger partial charge in [-0.1, -0.05) is 26.7 Å². The van der Waals surface area contributed by atoms with Crippen LogP contribution in [0, 0.1) is 17.3 Å². The number of carbonyl (C=O) groups is 2. The molecule has 0 aromatic carbocycles. The molecule has 2 aliphatic rings. The molecule has 1 heterocycles. The molecule has 3 unspecified atom stereocenters. The Morgan fingerprint density at radius 2 is 2.18 bits per heavy atom. The first-order valence-corrected chi connectivity index (χ1v) is 6.49. The van der Waals surface area contributed by atoms with E-state index in [1.807, 2.05) is 0 Å². The van der Waals surface area contributed by atoms with Gasteiger partial charge in [0.2, 0.25) is 5.91 Å². The summed E-state index contributed by atoms with van der Waals surface area (Å²) in [5, 5.41) is 12.0. The van der Waals surface area contributed by atoms with Gasteiger partial charge in [0, 0.05) is 11.8 Å². The normalized spacial score (nSPS) is 37.5. The summed E-state index contributed by atoms with van der Waals surface area (Å²) < 4.78 is 0. The fourth-order valence-electron chi connectivity index (χ4n) is 3.93. The monoisotopic (exact) mass is 239 g/mol. The van der Waals surface area contributed by atoms with Gasteiger partial charge < -0.3 is 10.4 Å². The highest BCUT2D eigenvalue weighted by Gasteiger charge is 2.56. The van der Waals surface area contributed by atoms with Crippen LogP contribution in [-0.4, -0.2) is 23.0 Å². The van der Waals surface area contributed by atoms with E-state index in [4.69, 9.17) is 0 Å². The van der Waals surface area contributed by atoms with E-state index in [9.17, 15) is 14.7 Å². The van der Waals surface area contributed by atoms with E-state index < -0.39 is 12.0 Å². The number of aliphatic carboxylic acids is 1. The second-order valence-corrected chi connectivity index (χ2v) is 5.84. The lowest BCUT2D eigenvalue weighted by atomic mass is 9.59. The lowest BCUT2D eigenvalue weighted by molar-refractivity contribution is -0.144. The Labute approximate surface area is 102 Å². The molecule has 1 spiro atoms. The second-order valence-electron chi connectivity index (χ2n) is 5.84. The van der Waals surface area contributed by atoms with Crippen LogP contribution in [0.1, 0.15) is 46.0 Å². The molecule has 1 saturated heterocycles. The molecule has 0 aromatic heterocycles. The van der Waals surface area contributed by atoms with Gasteiger partial charge in [0.25, 0.3) is 0 Å². The van der Waals surface area contributed by atoms with Gasteiger partial charge in [-0.2, -0.15) is 0 Å². The minimum Gasteiger partial charge on any atom is -0.480 e. The molecular formula is C13H21NO3. The highest BCUT2D eigenvalue weighted by Crippen LogP contribution is 2.52. The first-order chi connectivity index (χ1) is 7.97. The van der Waals surface area contributed by atoms with E-state index in [1.165, 1.54) is 0 Å². The molecule has 4 heteroatoms. The van der Waals surface area contributed by atoms with Crippen molar-refractivity contribution < 1.29 is 14.7 Å². The molecule has 1 amide bonds. The summed E-state index contributed by atoms with van der Waals surface area (Å²) in [5.74, 6) is -0.186. The molecule has 1 saturated carbocycles. The Balaban J connectivity index is 2.35. The summed E-state index contributed by atoms with van der Waals surface area (Å²) in [6.45, 7) is 4.28. The van der Waals surface area contributed by atoms with Crippen molar-refractivity contribution in [3.63, 3.8) is 0 Å². The van der Waals surface area contributed by atoms with E-state index in [1.54, 1.807) is 0 Å². The quantitative estimate of drug-likeness (QED) is 0.772. The van der Waals surface area contributed by atoms with Crippen molar-refractivity contribution in [1.82, 2.24) is 5.32 Å². The molecule has 0 radical (unpaired) electrons. The molecular weight excluding hydrogens is 218 g/mol. The fourth-order valence-corrected chi connectivity index (χ4v) is 3.93. The molecule has 2 N–H and O–H groups in total. The Bertz CT molecular complexity index is 340. The van der Waals surface area contributed by atoms with Crippen LogP contribution >= 0.6 is 0 Å². The summed E-state index contributed by atoms with van der Waals surface area (Å²) in [6.07, 6.45) is 4.52. The predicted molar refractivity (Wildman–Crippen MR) is 63.4 cm³/mol. The molecule has 17 heavy (non-hydrogen) atoms. The first kappa shape index (κ1) is 12.4. The Morgan fingerprint density at radius 3 is 2.76 bits per heavy atom. The molecule has 3 atom stereocenters. The molecule has 2 rings (SSSR count). The van der Waals surface area contributed by atoms with Crippen molar-refractivity contribution in [1.29, 1.82) is 0 Å². The van der Waals surface area contributed by atoms with Gasteiger partial charge in [0.15, 0.2) is 0 Å². The summed E-state index contributed by atoms with van der Waals surface area (Å²) >= 11 is 0. The van der Waals surface area contributed by atoms with Crippen LogP contribution < -0.4 is 5.32 Å². The van der Waals surface area contributed by atoms with E-state index in [0.717, 1.165) is 25.7 Å². The summed E-state index contributed by atoms with van der Waals surface area (Å²) in [5.41, 5.74) is -0.338. The highest BCUT2D eigenvalue weighted by atomic mass is 16.4. The second kappa shape index (κ2) is 4.31. The van der Waals surface area contributed by atoms with Crippen LogP contribution in [-0.2, 0) is 9.59 Å². The number of rotatable bonds is 2. The van der Waals surface area contributed by atoms with Crippen LogP contribution in [0.4, 0.5) is 0 Å². The number of amides is 1. The minimum absolute atomic E-state index is 0.0926. The standard InChI is InChI=1S/C13H21NO3/c1-8(2)9-5-3-4-6-13(9)7-10(15)14-11(13)12(16)17/h8-9,11H,3-7H2,1-2H3,(H,14,15)(H,16,17). The van der Waals surface area contributed by atoms with Gasteiger partial charge in [-0.3, -0.25) is 4.79 Å². The number of carboxylic acids is 1. The molecule has 2 fully saturated rings. The predicted octanol–water partition coefficient (Wildman–Crippen LogP) is 1.79. The SMILES string of the molecule is CC(C)C1CCCCC12CC(=O)NC2C(=O)O. The van der Waals surface area contributed by atoms with E-state index in [-0.39, 0.29) is 11.3 Å². The van der Waals surface area contributed by atoms with Crippen molar-refractivity contribution in [2.45, 2.75) is 52.0 Å². The van der Waals surface area contributed by atoms with Gasteiger partial charge in [-0.05, 0) is 24.7 Å². The Kier molecular flexibility index (Phi) is 3.15. The maximum absolute atomic E-state index is 11.6. The summed E-state index contributed by atoms with van der Waals surface area (Å²) in [4.78, 5) is 23.0. The lowest BCUT2D eigenvalue weighted by Gasteiger charge is -2.45. The van der Waals surface area contributed by atoms with Crippen LogP contribution in [0.2, 0.25) is 0 Å². The van der Waals surface area contributed by atoms with Crippen LogP contribution in [0.3, 0.4) is 0 Å². The molecule has 4 nitrogen and oxygen atoms in total. The summed E-state index contributed by atoms with van der Waals surface area (Å²) in [7, 11) is 0. The average molecular weight is 239 g/mol. The molecule has 0 aromatic rings. The van der Waals surface area contributed by atoms with Crippen molar-refractivity contribution in [3.8, 4) is 0 Å². The summed E-state index contributed by atoms with van der Waals surface area (Å²) in [6, 6.07) is -0.678. The molecule has 1 aliphatic heterocycles. The van der Waals surface area contributed by atoms with Crippen LogP contribution in [0.25, 0.3) is 0 Å². The molecule has 1 aliphatic carbocycles. The van der Waals surface area contributed by atoms with E-state index in [2.05, 4.69) is 19.2 Å². The van der Waals surface area contributed by atoms with Crippen molar-refractivity contribution in [2.24, 2.45) is 17.3 Å². The van der Waals surface area contributed by atoms with Crippen LogP contribution in [0.15, 0.2) is 0 Å². The number of carbonyl (C=O) groups excluding carboxylic acids is 1. The number of hydrogen-bond donors (Lipinski definition) is 2. The molecule has 96 valence electrons. The zero-order valence-electron chi connectivity index (χ0n) is 10.5. The average Bonchev–Trinajstić information content (AvgIpc) is 2.56. The van der Waals surface area contributed by atoms with Gasteiger partial charge >= 0.3 is 5.97 Å². The smallest absolute Gasteiger partial charge is 0.326 e.